The molecule has 0 fully saturated rings. The van der Waals surface area contributed by atoms with Crippen LogP contribution in [0.5, 0.6) is 0 Å². The van der Waals surface area contributed by atoms with Crippen LogP contribution in [0.3, 0.4) is 0 Å². The van der Waals surface area contributed by atoms with Crippen molar-refractivity contribution in [2.45, 2.75) is 78.3 Å². The number of unbranched alkanes of at least 4 members (excludes halogenated alkanes) is 4. The van der Waals surface area contributed by atoms with Gasteiger partial charge in [0.15, 0.2) is 0 Å². The summed E-state index contributed by atoms with van der Waals surface area (Å²) in [4.78, 5) is 0. The van der Waals surface area contributed by atoms with Crippen LogP contribution < -0.4 is 0 Å². The van der Waals surface area contributed by atoms with Gasteiger partial charge >= 0.3 is 6.18 Å². The topological polar surface area (TPSA) is 0 Å². The number of hydrogen-bond donors (Lipinski definition) is 0. The lowest BCUT2D eigenvalue weighted by Gasteiger charge is -2.19. The molecule has 0 amide bonds. The summed E-state index contributed by atoms with van der Waals surface area (Å²) in [5.74, 6) is 0. The molecular formula is C18H27F3. The normalized spacial score (nSPS) is 11.9. The van der Waals surface area contributed by atoms with E-state index in [2.05, 4.69) is 13.8 Å². The monoisotopic (exact) mass is 300 g/mol. The second kappa shape index (κ2) is 8.45. The minimum atomic E-state index is -4.24. The fourth-order valence-electron chi connectivity index (χ4n) is 2.82. The molecule has 1 rings (SSSR count). The molecule has 0 saturated heterocycles. The Morgan fingerprint density at radius 2 is 1.29 bits per heavy atom. The highest BCUT2D eigenvalue weighted by atomic mass is 19.4. The van der Waals surface area contributed by atoms with E-state index in [0.717, 1.165) is 50.5 Å². The van der Waals surface area contributed by atoms with E-state index in [9.17, 15) is 13.2 Å². The first-order chi connectivity index (χ1) is 9.91. The Bertz CT molecular complexity index is 433. The summed E-state index contributed by atoms with van der Waals surface area (Å²) in [6.45, 7) is 5.80. The standard InChI is InChI=1S/C18H27F3/c1-4-6-8-10-15-12-13-16(11-9-7-5-2)17(14(15)3)18(19,20)21/h12-13H,4-11H2,1-3H3. The second-order valence-corrected chi connectivity index (χ2v) is 5.80. The number of alkyl halides is 3. The van der Waals surface area contributed by atoms with Crippen LogP contribution in [0, 0.1) is 6.92 Å². The first kappa shape index (κ1) is 18.1. The van der Waals surface area contributed by atoms with E-state index in [1.807, 2.05) is 6.07 Å². The van der Waals surface area contributed by atoms with Crippen molar-refractivity contribution in [2.75, 3.05) is 0 Å². The highest BCUT2D eigenvalue weighted by molar-refractivity contribution is 5.42. The number of benzene rings is 1. The van der Waals surface area contributed by atoms with Crippen LogP contribution in [-0.4, -0.2) is 0 Å². The highest BCUT2D eigenvalue weighted by Gasteiger charge is 2.35. The molecule has 0 N–H and O–H groups in total. The van der Waals surface area contributed by atoms with Gasteiger partial charge in [-0.25, -0.2) is 0 Å². The highest BCUT2D eigenvalue weighted by Crippen LogP contribution is 2.37. The summed E-state index contributed by atoms with van der Waals surface area (Å²) in [7, 11) is 0. The molecule has 0 spiro atoms. The summed E-state index contributed by atoms with van der Waals surface area (Å²) in [5.41, 5.74) is 1.38. The Kier molecular flexibility index (Phi) is 7.27. The molecule has 0 nitrogen and oxygen atoms in total. The van der Waals surface area contributed by atoms with Crippen LogP contribution in [0.2, 0.25) is 0 Å². The minimum Gasteiger partial charge on any atom is -0.166 e. The van der Waals surface area contributed by atoms with Crippen LogP contribution >= 0.6 is 0 Å². The average Bonchev–Trinajstić information content (AvgIpc) is 2.40. The summed E-state index contributed by atoms with van der Waals surface area (Å²) in [6.07, 6.45) is 2.98. The van der Waals surface area contributed by atoms with Gasteiger partial charge in [-0.2, -0.15) is 13.2 Å². The van der Waals surface area contributed by atoms with Gasteiger partial charge in [0.1, 0.15) is 0 Å². The van der Waals surface area contributed by atoms with Crippen LogP contribution in [0.15, 0.2) is 12.1 Å². The maximum Gasteiger partial charge on any atom is 0.416 e. The minimum absolute atomic E-state index is 0.382. The molecule has 0 aliphatic carbocycles. The van der Waals surface area contributed by atoms with E-state index in [1.165, 1.54) is 0 Å². The summed E-state index contributed by atoms with van der Waals surface area (Å²) in [5, 5.41) is 0. The molecule has 21 heavy (non-hydrogen) atoms. The van der Waals surface area contributed by atoms with Gasteiger partial charge in [0.2, 0.25) is 0 Å². The van der Waals surface area contributed by atoms with Gasteiger partial charge in [-0.1, -0.05) is 51.7 Å². The lowest BCUT2D eigenvalue weighted by molar-refractivity contribution is -0.138. The second-order valence-electron chi connectivity index (χ2n) is 5.80. The zero-order valence-electron chi connectivity index (χ0n) is 13.4. The Hall–Kier alpha value is -0.990. The fraction of sp³-hybridized carbons (Fsp3) is 0.667. The van der Waals surface area contributed by atoms with Gasteiger partial charge in [-0.3, -0.25) is 0 Å². The van der Waals surface area contributed by atoms with Gasteiger partial charge in [0.05, 0.1) is 5.56 Å². The molecule has 0 bridgehead atoms. The summed E-state index contributed by atoms with van der Waals surface area (Å²) in [6, 6.07) is 3.61. The molecule has 1 aromatic carbocycles. The number of hydrogen-bond acceptors (Lipinski definition) is 0. The van der Waals surface area contributed by atoms with Crippen molar-refractivity contribution < 1.29 is 13.2 Å². The fourth-order valence-corrected chi connectivity index (χ4v) is 2.82. The summed E-state index contributed by atoms with van der Waals surface area (Å²) >= 11 is 0. The maximum atomic E-state index is 13.4. The van der Waals surface area contributed by atoms with Crippen molar-refractivity contribution in [1.29, 1.82) is 0 Å². The Morgan fingerprint density at radius 1 is 0.810 bits per heavy atom. The van der Waals surface area contributed by atoms with E-state index in [1.54, 1.807) is 13.0 Å². The SMILES string of the molecule is CCCCCc1ccc(CCCCC)c(C(F)(F)F)c1C. The molecule has 0 aromatic heterocycles. The molecule has 0 saturated carbocycles. The average molecular weight is 300 g/mol. The predicted molar refractivity (Wildman–Crippen MR) is 82.6 cm³/mol. The van der Waals surface area contributed by atoms with Crippen LogP contribution in [0.25, 0.3) is 0 Å². The van der Waals surface area contributed by atoms with Gasteiger partial charge in [0.25, 0.3) is 0 Å². The molecule has 0 unspecified atom stereocenters. The van der Waals surface area contributed by atoms with Crippen molar-refractivity contribution in [2.24, 2.45) is 0 Å². The van der Waals surface area contributed by atoms with Crippen molar-refractivity contribution in [3.05, 3.63) is 34.4 Å². The van der Waals surface area contributed by atoms with E-state index in [4.69, 9.17) is 0 Å². The van der Waals surface area contributed by atoms with Crippen LogP contribution in [-0.2, 0) is 19.0 Å². The molecule has 0 heterocycles. The Labute approximate surface area is 126 Å². The number of halogens is 3. The Balaban J connectivity index is 3.02. The third-order valence-electron chi connectivity index (χ3n) is 4.05. The molecule has 0 radical (unpaired) electrons. The smallest absolute Gasteiger partial charge is 0.166 e. The zero-order chi connectivity index (χ0) is 15.9. The van der Waals surface area contributed by atoms with Gasteiger partial charge < -0.3 is 0 Å². The van der Waals surface area contributed by atoms with Crippen molar-refractivity contribution in [3.8, 4) is 0 Å². The molecule has 120 valence electrons. The van der Waals surface area contributed by atoms with Crippen molar-refractivity contribution in [3.63, 3.8) is 0 Å². The third kappa shape index (κ3) is 5.37. The zero-order valence-corrected chi connectivity index (χ0v) is 13.4. The third-order valence-corrected chi connectivity index (χ3v) is 4.05. The van der Waals surface area contributed by atoms with E-state index < -0.39 is 6.18 Å². The first-order valence-electron chi connectivity index (χ1n) is 8.10. The van der Waals surface area contributed by atoms with E-state index >= 15 is 0 Å². The van der Waals surface area contributed by atoms with E-state index in [-0.39, 0.29) is 5.56 Å². The van der Waals surface area contributed by atoms with Gasteiger partial charge in [-0.05, 0) is 49.3 Å². The summed E-state index contributed by atoms with van der Waals surface area (Å²) < 4.78 is 40.2. The largest absolute Gasteiger partial charge is 0.416 e. The van der Waals surface area contributed by atoms with Gasteiger partial charge in [0, 0.05) is 0 Å². The quantitative estimate of drug-likeness (QED) is 0.482. The molecule has 0 aliphatic rings. The number of rotatable bonds is 8. The Morgan fingerprint density at radius 3 is 1.76 bits per heavy atom. The molecule has 3 heteroatoms. The lowest BCUT2D eigenvalue weighted by atomic mass is 9.91. The molecule has 0 atom stereocenters. The van der Waals surface area contributed by atoms with E-state index in [0.29, 0.717) is 17.5 Å². The van der Waals surface area contributed by atoms with Crippen LogP contribution in [0.4, 0.5) is 13.2 Å². The molecule has 0 aliphatic heterocycles. The van der Waals surface area contributed by atoms with Crippen LogP contribution in [0.1, 0.15) is 74.6 Å². The maximum absolute atomic E-state index is 13.4. The predicted octanol–water partition coefficient (Wildman–Crippen LogP) is 6.48. The number of aryl methyl sites for hydroxylation is 2. The lowest BCUT2D eigenvalue weighted by Crippen LogP contribution is -2.13. The molecule has 1 aromatic rings. The first-order valence-corrected chi connectivity index (χ1v) is 8.10. The van der Waals surface area contributed by atoms with Gasteiger partial charge in [-0.15, -0.1) is 0 Å². The molecular weight excluding hydrogens is 273 g/mol. The van der Waals surface area contributed by atoms with Crippen molar-refractivity contribution in [1.82, 2.24) is 0 Å². The van der Waals surface area contributed by atoms with Crippen molar-refractivity contribution >= 4 is 0 Å².